The van der Waals surface area contributed by atoms with Gasteiger partial charge >= 0.3 is 5.97 Å². The maximum Gasteiger partial charge on any atom is 0.338 e. The van der Waals surface area contributed by atoms with Crippen LogP contribution in [0.3, 0.4) is 0 Å². The van der Waals surface area contributed by atoms with Crippen LogP contribution < -0.4 is 5.32 Å². The Kier molecular flexibility index (Phi) is 3.36. The molecular weight excluding hydrogens is 258 g/mol. The van der Waals surface area contributed by atoms with E-state index in [0.717, 1.165) is 11.3 Å². The number of para-hydroxylation sites is 1. The number of benzene rings is 1. The summed E-state index contributed by atoms with van der Waals surface area (Å²) in [5.74, 6) is -0.946. The summed E-state index contributed by atoms with van der Waals surface area (Å²) in [4.78, 5) is 11.0. The molecule has 0 saturated carbocycles. The van der Waals surface area contributed by atoms with E-state index in [2.05, 4.69) is 5.32 Å². The first-order valence-corrected chi connectivity index (χ1v) is 6.23. The number of anilines is 2. The Morgan fingerprint density at radius 2 is 2.18 bits per heavy atom. The third-order valence-electron chi connectivity index (χ3n) is 2.37. The number of carbonyl (C=O) groups is 1. The van der Waals surface area contributed by atoms with Gasteiger partial charge in [0.05, 0.1) is 22.0 Å². The van der Waals surface area contributed by atoms with E-state index in [9.17, 15) is 4.79 Å². The van der Waals surface area contributed by atoms with Gasteiger partial charge in [-0.3, -0.25) is 0 Å². The average molecular weight is 268 g/mol. The van der Waals surface area contributed by atoms with Crippen molar-refractivity contribution in [3.05, 3.63) is 45.1 Å². The number of thiophene rings is 1. The molecule has 2 rings (SSSR count). The number of aryl methyl sites for hydroxylation is 1. The molecule has 0 amide bonds. The molecule has 0 saturated heterocycles. The van der Waals surface area contributed by atoms with Gasteiger partial charge in [-0.15, -0.1) is 11.3 Å². The van der Waals surface area contributed by atoms with Crippen molar-refractivity contribution < 1.29 is 9.90 Å². The standard InChI is InChI=1S/C12H10ClNO2S/c1-7-3-2-4-9(13)11(7)14-10-6-17-5-8(10)12(15)16/h2-6,14H,1H3,(H,15,16). The summed E-state index contributed by atoms with van der Waals surface area (Å²) in [7, 11) is 0. The average Bonchev–Trinajstić information content (AvgIpc) is 2.72. The third kappa shape index (κ3) is 2.43. The predicted octanol–water partition coefficient (Wildman–Crippen LogP) is 4.15. The van der Waals surface area contributed by atoms with E-state index in [0.29, 0.717) is 10.7 Å². The van der Waals surface area contributed by atoms with Crippen LogP contribution in [0.4, 0.5) is 11.4 Å². The van der Waals surface area contributed by atoms with Crippen LogP contribution in [0.25, 0.3) is 0 Å². The highest BCUT2D eigenvalue weighted by Gasteiger charge is 2.13. The van der Waals surface area contributed by atoms with Gasteiger partial charge in [-0.05, 0) is 18.6 Å². The Morgan fingerprint density at radius 3 is 2.82 bits per heavy atom. The van der Waals surface area contributed by atoms with E-state index in [1.807, 2.05) is 19.1 Å². The van der Waals surface area contributed by atoms with Gasteiger partial charge in [0.1, 0.15) is 0 Å². The molecule has 3 nitrogen and oxygen atoms in total. The van der Waals surface area contributed by atoms with Crippen molar-refractivity contribution in [3.63, 3.8) is 0 Å². The minimum atomic E-state index is -0.946. The summed E-state index contributed by atoms with van der Waals surface area (Å²) in [6.07, 6.45) is 0. The van der Waals surface area contributed by atoms with Crippen molar-refractivity contribution in [2.75, 3.05) is 5.32 Å². The van der Waals surface area contributed by atoms with E-state index in [1.54, 1.807) is 16.8 Å². The molecule has 0 fully saturated rings. The fraction of sp³-hybridized carbons (Fsp3) is 0.0833. The summed E-state index contributed by atoms with van der Waals surface area (Å²) < 4.78 is 0. The fourth-order valence-corrected chi connectivity index (χ4v) is 2.51. The summed E-state index contributed by atoms with van der Waals surface area (Å²) in [5, 5.41) is 16.0. The van der Waals surface area contributed by atoms with Crippen molar-refractivity contribution in [2.24, 2.45) is 0 Å². The fourth-order valence-electron chi connectivity index (χ4n) is 1.48. The number of hydrogen-bond acceptors (Lipinski definition) is 3. The molecule has 1 heterocycles. The van der Waals surface area contributed by atoms with Crippen LogP contribution in [-0.4, -0.2) is 11.1 Å². The van der Waals surface area contributed by atoms with Crippen LogP contribution in [0.1, 0.15) is 15.9 Å². The van der Waals surface area contributed by atoms with Crippen molar-refractivity contribution in [1.29, 1.82) is 0 Å². The number of hydrogen-bond donors (Lipinski definition) is 2. The quantitative estimate of drug-likeness (QED) is 0.878. The molecule has 0 spiro atoms. The second kappa shape index (κ2) is 4.77. The van der Waals surface area contributed by atoms with Crippen molar-refractivity contribution in [1.82, 2.24) is 0 Å². The Bertz CT molecular complexity index is 545. The molecule has 0 atom stereocenters. The largest absolute Gasteiger partial charge is 0.478 e. The van der Waals surface area contributed by atoms with Gasteiger partial charge in [0.2, 0.25) is 0 Å². The highest BCUT2D eigenvalue weighted by atomic mass is 35.5. The molecule has 5 heteroatoms. The van der Waals surface area contributed by atoms with E-state index in [4.69, 9.17) is 16.7 Å². The second-order valence-corrected chi connectivity index (χ2v) is 4.71. The predicted molar refractivity (Wildman–Crippen MR) is 70.8 cm³/mol. The number of aromatic carboxylic acids is 1. The lowest BCUT2D eigenvalue weighted by atomic mass is 10.2. The minimum absolute atomic E-state index is 0.259. The number of carboxylic acids is 1. The first-order valence-electron chi connectivity index (χ1n) is 4.91. The number of rotatable bonds is 3. The maximum absolute atomic E-state index is 11.0. The molecule has 0 unspecified atom stereocenters. The molecule has 17 heavy (non-hydrogen) atoms. The zero-order valence-electron chi connectivity index (χ0n) is 9.03. The van der Waals surface area contributed by atoms with Crippen LogP contribution in [0.5, 0.6) is 0 Å². The van der Waals surface area contributed by atoms with Gasteiger partial charge in [-0.25, -0.2) is 4.79 Å². The molecule has 88 valence electrons. The SMILES string of the molecule is Cc1cccc(Cl)c1Nc1cscc1C(=O)O. The Morgan fingerprint density at radius 1 is 1.41 bits per heavy atom. The second-order valence-electron chi connectivity index (χ2n) is 3.56. The first kappa shape index (κ1) is 12.0. The normalized spacial score (nSPS) is 10.2. The third-order valence-corrected chi connectivity index (χ3v) is 3.43. The van der Waals surface area contributed by atoms with Gasteiger partial charge in [0.25, 0.3) is 0 Å². The molecule has 0 radical (unpaired) electrons. The molecule has 0 aliphatic heterocycles. The van der Waals surface area contributed by atoms with E-state index in [-0.39, 0.29) is 5.56 Å². The van der Waals surface area contributed by atoms with Crippen LogP contribution in [-0.2, 0) is 0 Å². The number of carboxylic acid groups (broad SMARTS) is 1. The molecule has 2 N–H and O–H groups in total. The smallest absolute Gasteiger partial charge is 0.338 e. The van der Waals surface area contributed by atoms with Gasteiger partial charge in [0, 0.05) is 10.8 Å². The summed E-state index contributed by atoms with van der Waals surface area (Å²) in [6.45, 7) is 1.92. The van der Waals surface area contributed by atoms with Gasteiger partial charge in [-0.2, -0.15) is 0 Å². The Balaban J connectivity index is 2.38. The molecular formula is C12H10ClNO2S. The van der Waals surface area contributed by atoms with E-state index >= 15 is 0 Å². The Hall–Kier alpha value is -1.52. The van der Waals surface area contributed by atoms with Crippen molar-refractivity contribution >= 4 is 40.3 Å². The minimum Gasteiger partial charge on any atom is -0.478 e. The number of halogens is 1. The summed E-state index contributed by atoms with van der Waals surface area (Å²) in [6, 6.07) is 5.54. The van der Waals surface area contributed by atoms with Crippen LogP contribution in [0.15, 0.2) is 29.0 Å². The van der Waals surface area contributed by atoms with Crippen molar-refractivity contribution in [2.45, 2.75) is 6.92 Å². The van der Waals surface area contributed by atoms with Crippen LogP contribution in [0.2, 0.25) is 5.02 Å². The zero-order chi connectivity index (χ0) is 12.4. The van der Waals surface area contributed by atoms with Gasteiger partial charge in [-0.1, -0.05) is 23.7 Å². The highest BCUT2D eigenvalue weighted by Crippen LogP contribution is 2.31. The lowest BCUT2D eigenvalue weighted by Gasteiger charge is -2.10. The van der Waals surface area contributed by atoms with Gasteiger partial charge in [0.15, 0.2) is 0 Å². The van der Waals surface area contributed by atoms with Crippen molar-refractivity contribution in [3.8, 4) is 0 Å². The molecule has 0 bridgehead atoms. The molecule has 1 aromatic heterocycles. The molecule has 0 aliphatic carbocycles. The highest BCUT2D eigenvalue weighted by molar-refractivity contribution is 7.08. The molecule has 0 aliphatic rings. The Labute approximate surface area is 108 Å². The van der Waals surface area contributed by atoms with Crippen LogP contribution >= 0.6 is 22.9 Å². The van der Waals surface area contributed by atoms with Crippen LogP contribution in [0, 0.1) is 6.92 Å². The maximum atomic E-state index is 11.0. The topological polar surface area (TPSA) is 49.3 Å². The summed E-state index contributed by atoms with van der Waals surface area (Å²) >= 11 is 7.41. The molecule has 2 aromatic rings. The molecule has 1 aromatic carbocycles. The van der Waals surface area contributed by atoms with E-state index in [1.165, 1.54) is 11.3 Å². The lowest BCUT2D eigenvalue weighted by molar-refractivity contribution is 0.0698. The van der Waals surface area contributed by atoms with E-state index < -0.39 is 5.97 Å². The monoisotopic (exact) mass is 267 g/mol. The van der Waals surface area contributed by atoms with Gasteiger partial charge < -0.3 is 10.4 Å². The number of nitrogens with one attached hydrogen (secondary N) is 1. The zero-order valence-corrected chi connectivity index (χ0v) is 10.6. The lowest BCUT2D eigenvalue weighted by Crippen LogP contribution is -2.00. The summed E-state index contributed by atoms with van der Waals surface area (Å²) in [5.41, 5.74) is 2.54. The first-order chi connectivity index (χ1) is 8.09.